The van der Waals surface area contributed by atoms with Crippen molar-refractivity contribution in [3.63, 3.8) is 0 Å². The second-order valence-electron chi connectivity index (χ2n) is 8.27. The molecule has 0 radical (unpaired) electrons. The predicted molar refractivity (Wildman–Crippen MR) is 113 cm³/mol. The van der Waals surface area contributed by atoms with Crippen LogP contribution in [0.5, 0.6) is 0 Å². The first-order valence-corrected chi connectivity index (χ1v) is 10.6. The van der Waals surface area contributed by atoms with Gasteiger partial charge in [0.1, 0.15) is 11.6 Å². The van der Waals surface area contributed by atoms with Crippen LogP contribution < -0.4 is 5.32 Å². The van der Waals surface area contributed by atoms with Gasteiger partial charge in [0, 0.05) is 68.2 Å². The van der Waals surface area contributed by atoms with Crippen LogP contribution in [0.4, 0.5) is 20.3 Å². The molecular formula is C22H24F2N6O2. The van der Waals surface area contributed by atoms with Crippen LogP contribution in [0, 0.1) is 11.6 Å². The normalized spacial score (nSPS) is 18.1. The number of fused-ring (bicyclic) bond motifs is 1. The molecule has 0 aliphatic carbocycles. The van der Waals surface area contributed by atoms with E-state index in [-0.39, 0.29) is 23.2 Å². The van der Waals surface area contributed by atoms with E-state index < -0.39 is 11.6 Å². The van der Waals surface area contributed by atoms with Crippen LogP contribution in [-0.2, 0) is 29.5 Å². The van der Waals surface area contributed by atoms with E-state index in [9.17, 15) is 13.6 Å². The third-order valence-electron chi connectivity index (χ3n) is 6.11. The molecule has 1 unspecified atom stereocenters. The number of nitrogens with zero attached hydrogens (tertiary/aromatic N) is 5. The molecule has 10 heteroatoms. The summed E-state index contributed by atoms with van der Waals surface area (Å²) in [5.74, 6) is -0.761. The molecule has 1 aromatic carbocycles. The Hall–Kier alpha value is -3.27. The molecule has 1 atom stereocenters. The molecule has 4 heterocycles. The highest BCUT2D eigenvalue weighted by atomic mass is 19.1. The molecule has 2 aliphatic rings. The van der Waals surface area contributed by atoms with Crippen molar-refractivity contribution in [3.05, 3.63) is 47.4 Å². The fourth-order valence-corrected chi connectivity index (χ4v) is 4.38. The van der Waals surface area contributed by atoms with Gasteiger partial charge >= 0.3 is 0 Å². The Morgan fingerprint density at radius 2 is 2.12 bits per heavy atom. The molecule has 2 aliphatic heterocycles. The molecule has 1 fully saturated rings. The minimum atomic E-state index is -0.600. The first-order chi connectivity index (χ1) is 15.4. The number of carbonyl (C=O) groups is 1. The highest BCUT2D eigenvalue weighted by Crippen LogP contribution is 2.34. The van der Waals surface area contributed by atoms with Gasteiger partial charge in [-0.15, -0.1) is 0 Å². The number of benzene rings is 1. The Morgan fingerprint density at radius 1 is 1.28 bits per heavy atom. The van der Waals surface area contributed by atoms with E-state index in [1.54, 1.807) is 18.1 Å². The van der Waals surface area contributed by atoms with E-state index in [1.807, 2.05) is 4.68 Å². The Balaban J connectivity index is 1.51. The fraction of sp³-hybridized carbons (Fsp3) is 0.409. The predicted octanol–water partition coefficient (Wildman–Crippen LogP) is 3.17. The van der Waals surface area contributed by atoms with Crippen LogP contribution in [0.25, 0.3) is 11.1 Å². The second kappa shape index (κ2) is 8.01. The summed E-state index contributed by atoms with van der Waals surface area (Å²) in [6.07, 6.45) is 4.61. The number of aromatic nitrogens is 4. The smallest absolute Gasteiger partial charge is 0.219 e. The van der Waals surface area contributed by atoms with Crippen LogP contribution in [-0.4, -0.2) is 50.1 Å². The summed E-state index contributed by atoms with van der Waals surface area (Å²) < 4.78 is 38.8. The van der Waals surface area contributed by atoms with Crippen molar-refractivity contribution >= 4 is 17.4 Å². The van der Waals surface area contributed by atoms with E-state index >= 15 is 0 Å². The highest BCUT2D eigenvalue weighted by molar-refractivity contribution is 5.74. The molecule has 1 saturated heterocycles. The van der Waals surface area contributed by atoms with Gasteiger partial charge in [-0.05, 0) is 12.5 Å². The zero-order chi connectivity index (χ0) is 22.4. The topological polar surface area (TPSA) is 77.2 Å². The lowest BCUT2D eigenvalue weighted by molar-refractivity contribution is -0.129. The Kier molecular flexibility index (Phi) is 5.16. The average molecular weight is 442 g/mol. The van der Waals surface area contributed by atoms with Crippen molar-refractivity contribution in [1.82, 2.24) is 24.5 Å². The number of anilines is 2. The molecule has 1 amide bonds. The van der Waals surface area contributed by atoms with Crippen LogP contribution in [0.15, 0.2) is 24.5 Å². The molecule has 0 saturated carbocycles. The van der Waals surface area contributed by atoms with Crippen molar-refractivity contribution in [3.8, 4) is 11.1 Å². The lowest BCUT2D eigenvalue weighted by Gasteiger charge is -2.27. The van der Waals surface area contributed by atoms with Crippen LogP contribution in [0.1, 0.15) is 30.6 Å². The molecule has 1 N–H and O–H groups in total. The zero-order valence-corrected chi connectivity index (χ0v) is 17.9. The summed E-state index contributed by atoms with van der Waals surface area (Å²) >= 11 is 0. The molecule has 8 nitrogen and oxygen atoms in total. The summed E-state index contributed by atoms with van der Waals surface area (Å²) in [7, 11) is 1.72. The second-order valence-corrected chi connectivity index (χ2v) is 8.27. The van der Waals surface area contributed by atoms with Crippen LogP contribution >= 0.6 is 0 Å². The van der Waals surface area contributed by atoms with E-state index in [4.69, 9.17) is 9.84 Å². The lowest BCUT2D eigenvalue weighted by atomic mass is 10.1. The number of hydrogen-bond acceptors (Lipinski definition) is 5. The van der Waals surface area contributed by atoms with E-state index in [2.05, 4.69) is 10.4 Å². The van der Waals surface area contributed by atoms with Crippen LogP contribution in [0.2, 0.25) is 0 Å². The first kappa shape index (κ1) is 20.6. The summed E-state index contributed by atoms with van der Waals surface area (Å²) in [5, 5.41) is 11.7. The largest absolute Gasteiger partial charge is 0.379 e. The Bertz CT molecular complexity index is 1180. The maximum absolute atomic E-state index is 15.0. The number of ether oxygens (including phenoxy) is 1. The zero-order valence-electron chi connectivity index (χ0n) is 17.9. The Morgan fingerprint density at radius 3 is 2.81 bits per heavy atom. The Labute approximate surface area is 183 Å². The summed E-state index contributed by atoms with van der Waals surface area (Å²) in [4.78, 5) is 13.7. The number of halogens is 2. The minimum absolute atomic E-state index is 0.00906. The summed E-state index contributed by atoms with van der Waals surface area (Å²) in [6, 6.07) is 2.38. The molecule has 3 aromatic rings. The lowest BCUT2D eigenvalue weighted by Crippen LogP contribution is -2.35. The maximum Gasteiger partial charge on any atom is 0.219 e. The highest BCUT2D eigenvalue weighted by Gasteiger charge is 2.30. The van der Waals surface area contributed by atoms with Crippen molar-refractivity contribution < 1.29 is 18.3 Å². The van der Waals surface area contributed by atoms with Gasteiger partial charge in [-0.25, -0.2) is 8.78 Å². The van der Waals surface area contributed by atoms with Crippen molar-refractivity contribution in [2.24, 2.45) is 7.05 Å². The number of hydrogen-bond donors (Lipinski definition) is 1. The van der Waals surface area contributed by atoms with Gasteiger partial charge < -0.3 is 15.0 Å². The van der Waals surface area contributed by atoms with Gasteiger partial charge in [-0.3, -0.25) is 14.2 Å². The standard InChI is InChI=1S/C22H24F2N6O2/c1-13(31)29-5-3-21-17(11-29)22(27-30(21)15-4-6-32-12-15)26-20-8-18(23)16(7-19(20)24)14-9-25-28(2)10-14/h7-10,15H,3-6,11-12H2,1-2H3,(H,26,27). The molecule has 0 spiro atoms. The molecule has 2 aromatic heterocycles. The molecule has 0 bridgehead atoms. The van der Waals surface area contributed by atoms with Crippen molar-refractivity contribution in [1.29, 1.82) is 0 Å². The van der Waals surface area contributed by atoms with Crippen LogP contribution in [0.3, 0.4) is 0 Å². The summed E-state index contributed by atoms with van der Waals surface area (Å²) in [5.41, 5.74) is 2.46. The van der Waals surface area contributed by atoms with Gasteiger partial charge in [0.15, 0.2) is 5.82 Å². The third kappa shape index (κ3) is 3.64. The number of rotatable bonds is 4. The van der Waals surface area contributed by atoms with Crippen molar-refractivity contribution in [2.45, 2.75) is 32.4 Å². The molecule has 168 valence electrons. The van der Waals surface area contributed by atoms with Gasteiger partial charge in [0.05, 0.1) is 31.1 Å². The first-order valence-electron chi connectivity index (χ1n) is 10.6. The van der Waals surface area contributed by atoms with Gasteiger partial charge in [0.2, 0.25) is 5.91 Å². The number of nitrogens with one attached hydrogen (secondary N) is 1. The SMILES string of the molecule is CC(=O)N1CCc2c(c(Nc3cc(F)c(-c4cnn(C)c4)cc3F)nn2C2CCOC2)C1. The maximum atomic E-state index is 15.0. The van der Waals surface area contributed by atoms with Gasteiger partial charge in [-0.2, -0.15) is 10.2 Å². The molecular weight excluding hydrogens is 418 g/mol. The monoisotopic (exact) mass is 442 g/mol. The number of amides is 1. The van der Waals surface area contributed by atoms with Gasteiger partial charge in [-0.1, -0.05) is 0 Å². The quantitative estimate of drug-likeness (QED) is 0.672. The van der Waals surface area contributed by atoms with E-state index in [0.717, 1.165) is 29.8 Å². The number of carbonyl (C=O) groups excluding carboxylic acids is 1. The summed E-state index contributed by atoms with van der Waals surface area (Å²) in [6.45, 7) is 3.73. The minimum Gasteiger partial charge on any atom is -0.379 e. The van der Waals surface area contributed by atoms with E-state index in [1.165, 1.54) is 17.8 Å². The number of aryl methyl sites for hydroxylation is 1. The average Bonchev–Trinajstić information content (AvgIpc) is 3.50. The molecule has 32 heavy (non-hydrogen) atoms. The fourth-order valence-electron chi connectivity index (χ4n) is 4.38. The third-order valence-corrected chi connectivity index (χ3v) is 6.11. The molecule has 5 rings (SSSR count). The van der Waals surface area contributed by atoms with Crippen molar-refractivity contribution in [2.75, 3.05) is 25.1 Å². The van der Waals surface area contributed by atoms with E-state index in [0.29, 0.717) is 44.1 Å². The van der Waals surface area contributed by atoms with Gasteiger partial charge in [0.25, 0.3) is 0 Å².